The summed E-state index contributed by atoms with van der Waals surface area (Å²) in [5, 5.41) is 6.85. The standard InChI is InChI=1S/C23H13F18NO2/c1-7(2)44-9-5-11-10-3-8(43)4-12(16(18(24,25)26,19(27,28)29)20(30,31)32)14(10)42-15(11)13(6-9)17(21(33,34)35,22(36,37)38)23(39,40)41/h3-7,42-43H,1-2H3. The number of nitrogens with one attached hydrogen (secondary N) is 1. The smallest absolute Gasteiger partial charge is 0.416 e. The van der Waals surface area contributed by atoms with Gasteiger partial charge in [-0.15, -0.1) is 0 Å². The SMILES string of the molecule is CC(C)Oc1cc(C(C(F)(F)F)(C(F)(F)F)C(F)(F)F)c2[nH]c3c(C(C(F)(F)F)(C(F)(F)F)C(F)(F)F)cc(O)cc3c2c1. The number of fused-ring (bicyclic) bond motifs is 3. The fourth-order valence-electron chi connectivity index (χ4n) is 4.87. The topological polar surface area (TPSA) is 45.2 Å². The van der Waals surface area contributed by atoms with Gasteiger partial charge in [-0.3, -0.25) is 0 Å². The van der Waals surface area contributed by atoms with Gasteiger partial charge in [0.15, 0.2) is 0 Å². The summed E-state index contributed by atoms with van der Waals surface area (Å²) in [6, 6.07) is -1.01. The maximum atomic E-state index is 14.1. The van der Waals surface area contributed by atoms with Crippen LogP contribution in [0.3, 0.4) is 0 Å². The first-order valence-electron chi connectivity index (χ1n) is 11.3. The summed E-state index contributed by atoms with van der Waals surface area (Å²) < 4.78 is 257. The van der Waals surface area contributed by atoms with Crippen LogP contribution < -0.4 is 4.74 Å². The molecule has 0 bridgehead atoms. The molecule has 0 aliphatic carbocycles. The quantitative estimate of drug-likeness (QED) is 0.270. The summed E-state index contributed by atoms with van der Waals surface area (Å²) >= 11 is 0. The number of alkyl halides is 18. The van der Waals surface area contributed by atoms with Crippen LogP contribution in [0, 0.1) is 0 Å². The van der Waals surface area contributed by atoms with E-state index in [-0.39, 0.29) is 12.1 Å². The lowest BCUT2D eigenvalue weighted by Crippen LogP contribution is -2.63. The molecule has 0 atom stereocenters. The Morgan fingerprint density at radius 1 is 0.523 bits per heavy atom. The van der Waals surface area contributed by atoms with Gasteiger partial charge in [-0.05, 0) is 38.1 Å². The van der Waals surface area contributed by atoms with Crippen molar-refractivity contribution in [3.63, 3.8) is 0 Å². The van der Waals surface area contributed by atoms with Crippen molar-refractivity contribution in [2.24, 2.45) is 0 Å². The van der Waals surface area contributed by atoms with Crippen molar-refractivity contribution in [1.82, 2.24) is 4.98 Å². The molecule has 0 fully saturated rings. The van der Waals surface area contributed by atoms with Gasteiger partial charge in [0.05, 0.1) is 17.1 Å². The van der Waals surface area contributed by atoms with Gasteiger partial charge in [0.1, 0.15) is 11.5 Å². The average molecular weight is 677 g/mol. The Morgan fingerprint density at radius 2 is 0.841 bits per heavy atom. The molecule has 2 aromatic carbocycles. The monoisotopic (exact) mass is 677 g/mol. The molecule has 1 aromatic heterocycles. The zero-order valence-corrected chi connectivity index (χ0v) is 21.0. The van der Waals surface area contributed by atoms with Crippen molar-refractivity contribution in [3.8, 4) is 11.5 Å². The van der Waals surface area contributed by atoms with Crippen LogP contribution in [-0.4, -0.2) is 53.3 Å². The number of aromatic nitrogens is 1. The first kappa shape index (κ1) is 35.1. The van der Waals surface area contributed by atoms with E-state index in [0.29, 0.717) is 0 Å². The Morgan fingerprint density at radius 3 is 1.16 bits per heavy atom. The number of hydrogen-bond donors (Lipinski definition) is 2. The molecular formula is C23H13F18NO2. The predicted molar refractivity (Wildman–Crippen MR) is 113 cm³/mol. The van der Waals surface area contributed by atoms with Crippen LogP contribution in [0.5, 0.6) is 11.5 Å². The van der Waals surface area contributed by atoms with E-state index >= 15 is 0 Å². The van der Waals surface area contributed by atoms with E-state index in [2.05, 4.69) is 0 Å². The second kappa shape index (κ2) is 9.79. The lowest BCUT2D eigenvalue weighted by atomic mass is 9.76. The molecule has 3 nitrogen and oxygen atoms in total. The molecule has 0 spiro atoms. The minimum atomic E-state index is -7.41. The van der Waals surface area contributed by atoms with Crippen molar-refractivity contribution in [1.29, 1.82) is 0 Å². The first-order chi connectivity index (χ1) is 19.4. The highest BCUT2D eigenvalue weighted by atomic mass is 19.4. The third-order valence-corrected chi connectivity index (χ3v) is 6.51. The Balaban J connectivity index is 2.83. The lowest BCUT2D eigenvalue weighted by molar-refractivity contribution is -0.388. The fraction of sp³-hybridized carbons (Fsp3) is 0.478. The number of H-pyrrole nitrogens is 1. The van der Waals surface area contributed by atoms with Crippen LogP contribution in [-0.2, 0) is 10.8 Å². The molecule has 248 valence electrons. The summed E-state index contributed by atoms with van der Waals surface area (Å²) in [5.74, 6) is -3.15. The second-order valence-corrected chi connectivity index (χ2v) is 9.59. The van der Waals surface area contributed by atoms with Crippen LogP contribution in [0.15, 0.2) is 24.3 Å². The second-order valence-electron chi connectivity index (χ2n) is 9.59. The van der Waals surface area contributed by atoms with Gasteiger partial charge < -0.3 is 14.8 Å². The number of rotatable bonds is 4. The molecule has 1 heterocycles. The predicted octanol–water partition coefficient (Wildman–Crippen LogP) is 9.66. The zero-order chi connectivity index (χ0) is 34.4. The molecule has 0 saturated carbocycles. The van der Waals surface area contributed by atoms with Crippen molar-refractivity contribution < 1.29 is 88.9 Å². The number of phenolic OH excluding ortho intramolecular Hbond substituents is 1. The van der Waals surface area contributed by atoms with Crippen molar-refractivity contribution in [2.75, 3.05) is 0 Å². The van der Waals surface area contributed by atoms with E-state index in [4.69, 9.17) is 4.74 Å². The maximum Gasteiger partial charge on any atom is 0.416 e. The molecule has 3 aromatic rings. The van der Waals surface area contributed by atoms with Crippen LogP contribution in [0.4, 0.5) is 79.0 Å². The minimum absolute atomic E-state index is 0.0188. The Kier molecular flexibility index (Phi) is 7.80. The number of halogens is 18. The largest absolute Gasteiger partial charge is 0.508 e. The van der Waals surface area contributed by atoms with Crippen LogP contribution in [0.25, 0.3) is 21.8 Å². The fourth-order valence-corrected chi connectivity index (χ4v) is 4.87. The Labute approximate surface area is 231 Å². The Hall–Kier alpha value is -3.42. The van der Waals surface area contributed by atoms with Crippen molar-refractivity contribution in [2.45, 2.75) is 67.8 Å². The number of benzene rings is 2. The van der Waals surface area contributed by atoms with Crippen molar-refractivity contribution >= 4 is 21.8 Å². The van der Waals surface area contributed by atoms with E-state index in [1.165, 1.54) is 0 Å². The van der Waals surface area contributed by atoms with Gasteiger partial charge in [-0.25, -0.2) is 0 Å². The first-order valence-corrected chi connectivity index (χ1v) is 11.3. The van der Waals surface area contributed by atoms with Crippen LogP contribution in [0.1, 0.15) is 25.0 Å². The molecule has 2 N–H and O–H groups in total. The van der Waals surface area contributed by atoms with Gasteiger partial charge in [0.25, 0.3) is 10.8 Å². The average Bonchev–Trinajstić information content (AvgIpc) is 3.06. The molecule has 44 heavy (non-hydrogen) atoms. The highest BCUT2D eigenvalue weighted by Gasteiger charge is 2.86. The van der Waals surface area contributed by atoms with Crippen LogP contribution in [0.2, 0.25) is 0 Å². The zero-order valence-electron chi connectivity index (χ0n) is 21.0. The van der Waals surface area contributed by atoms with Gasteiger partial charge in [-0.2, -0.15) is 79.0 Å². The van der Waals surface area contributed by atoms with Gasteiger partial charge in [0.2, 0.25) is 0 Å². The summed E-state index contributed by atoms with van der Waals surface area (Å²) in [6.45, 7) is 2.11. The molecule has 0 radical (unpaired) electrons. The number of ether oxygens (including phenoxy) is 1. The minimum Gasteiger partial charge on any atom is -0.508 e. The van der Waals surface area contributed by atoms with Crippen LogP contribution >= 0.6 is 0 Å². The maximum absolute atomic E-state index is 14.1. The number of aromatic amines is 1. The molecule has 0 amide bonds. The number of aromatic hydroxyl groups is 1. The summed E-state index contributed by atoms with van der Waals surface area (Å²) in [7, 11) is 0. The van der Waals surface area contributed by atoms with Gasteiger partial charge in [-0.1, -0.05) is 0 Å². The molecule has 0 aliphatic heterocycles. The molecule has 21 heteroatoms. The third-order valence-electron chi connectivity index (χ3n) is 6.51. The molecule has 0 aliphatic rings. The third kappa shape index (κ3) is 4.80. The Bertz CT molecular complexity index is 1480. The van der Waals surface area contributed by atoms with E-state index < -0.39 is 111 Å². The highest BCUT2D eigenvalue weighted by Crippen LogP contribution is 2.64. The number of hydrogen-bond acceptors (Lipinski definition) is 2. The van der Waals surface area contributed by atoms with Crippen molar-refractivity contribution in [3.05, 3.63) is 35.4 Å². The normalized spacial score (nSPS) is 15.1. The summed E-state index contributed by atoms with van der Waals surface area (Å²) in [6.07, 6.45) is -45.6. The van der Waals surface area contributed by atoms with E-state index in [0.717, 1.165) is 18.8 Å². The number of phenols is 1. The molecule has 3 rings (SSSR count). The lowest BCUT2D eigenvalue weighted by Gasteiger charge is -2.39. The highest BCUT2D eigenvalue weighted by molar-refractivity contribution is 6.11. The van der Waals surface area contributed by atoms with E-state index in [1.807, 2.05) is 0 Å². The van der Waals surface area contributed by atoms with E-state index in [9.17, 15) is 84.1 Å². The molecule has 0 saturated heterocycles. The van der Waals surface area contributed by atoms with Gasteiger partial charge >= 0.3 is 37.1 Å². The molecular weight excluding hydrogens is 664 g/mol. The summed E-state index contributed by atoms with van der Waals surface area (Å²) in [5.41, 5.74) is -24.1. The summed E-state index contributed by atoms with van der Waals surface area (Å²) in [4.78, 5) is 1.10. The van der Waals surface area contributed by atoms with E-state index in [1.54, 1.807) is 0 Å². The van der Waals surface area contributed by atoms with Gasteiger partial charge in [0, 0.05) is 21.9 Å². The molecule has 0 unspecified atom stereocenters.